The van der Waals surface area contributed by atoms with Crippen molar-refractivity contribution in [2.75, 3.05) is 34.0 Å². The van der Waals surface area contributed by atoms with Gasteiger partial charge in [0.25, 0.3) is 5.91 Å². The third-order valence-electron chi connectivity index (χ3n) is 3.71. The second kappa shape index (κ2) is 9.12. The minimum absolute atomic E-state index is 0.0549. The predicted molar refractivity (Wildman–Crippen MR) is 86.2 cm³/mol. The molecule has 0 aliphatic carbocycles. The van der Waals surface area contributed by atoms with Crippen LogP contribution < -0.4 is 14.8 Å². The Bertz CT molecular complexity index is 568. The quantitative estimate of drug-likeness (QED) is 0.715. The van der Waals surface area contributed by atoms with Crippen LogP contribution in [0.3, 0.4) is 0 Å². The van der Waals surface area contributed by atoms with E-state index < -0.39 is 5.97 Å². The summed E-state index contributed by atoms with van der Waals surface area (Å²) in [5, 5.41) is 2.70. The molecule has 0 radical (unpaired) electrons. The Kier molecular flexibility index (Phi) is 6.87. The smallest absolute Gasteiger partial charge is 0.310 e. The van der Waals surface area contributed by atoms with Crippen molar-refractivity contribution >= 4 is 11.9 Å². The molecule has 0 saturated carbocycles. The summed E-state index contributed by atoms with van der Waals surface area (Å²) in [6.45, 7) is 0.895. The Hall–Kier alpha value is -2.28. The van der Waals surface area contributed by atoms with E-state index in [4.69, 9.17) is 18.9 Å². The van der Waals surface area contributed by atoms with Crippen LogP contribution >= 0.6 is 0 Å². The zero-order chi connectivity index (χ0) is 17.4. The second-order valence-corrected chi connectivity index (χ2v) is 5.47. The largest absolute Gasteiger partial charge is 0.493 e. The topological polar surface area (TPSA) is 83.1 Å². The Morgan fingerprint density at radius 1 is 1.25 bits per heavy atom. The van der Waals surface area contributed by atoms with Crippen molar-refractivity contribution < 1.29 is 28.5 Å². The van der Waals surface area contributed by atoms with Crippen LogP contribution in [0.5, 0.6) is 11.5 Å². The van der Waals surface area contributed by atoms with Gasteiger partial charge in [-0.1, -0.05) is 6.07 Å². The zero-order valence-electron chi connectivity index (χ0n) is 14.0. The summed E-state index contributed by atoms with van der Waals surface area (Å²) in [4.78, 5) is 23.5. The SMILES string of the molecule is COc1ccc(CC(=O)OCC(=O)NC[C@H]2CCCO2)cc1OC. The Labute approximate surface area is 141 Å². The number of amides is 1. The van der Waals surface area contributed by atoms with E-state index in [2.05, 4.69) is 5.32 Å². The van der Waals surface area contributed by atoms with Crippen LogP contribution in [-0.2, 0) is 25.5 Å². The summed E-state index contributed by atoms with van der Waals surface area (Å²) < 4.78 is 20.7. The number of nitrogens with one attached hydrogen (secondary N) is 1. The van der Waals surface area contributed by atoms with Crippen molar-refractivity contribution in [2.24, 2.45) is 0 Å². The van der Waals surface area contributed by atoms with Gasteiger partial charge < -0.3 is 24.3 Å². The van der Waals surface area contributed by atoms with Crippen molar-refractivity contribution in [2.45, 2.75) is 25.4 Å². The maximum atomic E-state index is 11.8. The fourth-order valence-corrected chi connectivity index (χ4v) is 2.44. The van der Waals surface area contributed by atoms with Gasteiger partial charge in [0.2, 0.25) is 0 Å². The Morgan fingerprint density at radius 3 is 2.71 bits per heavy atom. The molecule has 7 heteroatoms. The fourth-order valence-electron chi connectivity index (χ4n) is 2.44. The van der Waals surface area contributed by atoms with E-state index in [0.29, 0.717) is 18.0 Å². The minimum Gasteiger partial charge on any atom is -0.493 e. The van der Waals surface area contributed by atoms with E-state index in [9.17, 15) is 9.59 Å². The van der Waals surface area contributed by atoms with Gasteiger partial charge in [-0.05, 0) is 30.5 Å². The molecule has 7 nitrogen and oxygen atoms in total. The fraction of sp³-hybridized carbons (Fsp3) is 0.529. The molecule has 0 unspecified atom stereocenters. The van der Waals surface area contributed by atoms with Gasteiger partial charge in [0.05, 0.1) is 26.7 Å². The molecule has 1 aliphatic heterocycles. The van der Waals surface area contributed by atoms with Crippen molar-refractivity contribution in [1.29, 1.82) is 0 Å². The molecule has 1 N–H and O–H groups in total. The summed E-state index contributed by atoms with van der Waals surface area (Å²) in [7, 11) is 3.07. The van der Waals surface area contributed by atoms with Crippen molar-refractivity contribution in [3.63, 3.8) is 0 Å². The zero-order valence-corrected chi connectivity index (χ0v) is 14.0. The minimum atomic E-state index is -0.477. The maximum Gasteiger partial charge on any atom is 0.310 e. The van der Waals surface area contributed by atoms with E-state index in [-0.39, 0.29) is 25.0 Å². The van der Waals surface area contributed by atoms with E-state index in [0.717, 1.165) is 25.0 Å². The first-order valence-corrected chi connectivity index (χ1v) is 7.87. The molecule has 1 saturated heterocycles. The third-order valence-corrected chi connectivity index (χ3v) is 3.71. The van der Waals surface area contributed by atoms with E-state index in [1.54, 1.807) is 25.3 Å². The molecular formula is C17H23NO6. The van der Waals surface area contributed by atoms with Gasteiger partial charge in [0, 0.05) is 13.2 Å². The van der Waals surface area contributed by atoms with Crippen LogP contribution in [0, 0.1) is 0 Å². The van der Waals surface area contributed by atoms with Gasteiger partial charge in [0.1, 0.15) is 0 Å². The first-order valence-electron chi connectivity index (χ1n) is 7.87. The number of carbonyl (C=O) groups excluding carboxylic acids is 2. The summed E-state index contributed by atoms with van der Waals surface area (Å²) in [5.41, 5.74) is 0.720. The molecule has 1 heterocycles. The second-order valence-electron chi connectivity index (χ2n) is 5.47. The maximum absolute atomic E-state index is 11.8. The monoisotopic (exact) mass is 337 g/mol. The Balaban J connectivity index is 1.73. The highest BCUT2D eigenvalue weighted by Gasteiger charge is 2.17. The van der Waals surface area contributed by atoms with Gasteiger partial charge in [0.15, 0.2) is 18.1 Å². The lowest BCUT2D eigenvalue weighted by Gasteiger charge is -2.11. The first-order chi connectivity index (χ1) is 11.6. The lowest BCUT2D eigenvalue weighted by atomic mass is 10.1. The summed E-state index contributed by atoms with van der Waals surface area (Å²) in [5.74, 6) is 0.320. The number of ether oxygens (including phenoxy) is 4. The summed E-state index contributed by atoms with van der Waals surface area (Å²) in [6.07, 6.45) is 2.08. The normalized spacial score (nSPS) is 16.5. The molecule has 132 valence electrons. The standard InChI is InChI=1S/C17H23NO6/c1-21-14-6-5-12(8-15(14)22-2)9-17(20)24-11-16(19)18-10-13-4-3-7-23-13/h5-6,8,13H,3-4,7,9-11H2,1-2H3,(H,18,19)/t13-/m1/s1. The molecule has 0 aromatic heterocycles. The molecule has 1 aliphatic rings. The molecule has 0 spiro atoms. The molecule has 1 fully saturated rings. The summed E-state index contributed by atoms with van der Waals surface area (Å²) in [6, 6.07) is 5.17. The number of rotatable bonds is 8. The van der Waals surface area contributed by atoms with Crippen LogP contribution in [0.25, 0.3) is 0 Å². The number of esters is 1. The van der Waals surface area contributed by atoms with Crippen molar-refractivity contribution in [3.8, 4) is 11.5 Å². The van der Waals surface area contributed by atoms with E-state index in [1.807, 2.05) is 0 Å². The Morgan fingerprint density at radius 2 is 2.04 bits per heavy atom. The predicted octanol–water partition coefficient (Wildman–Crippen LogP) is 1.08. The average Bonchev–Trinajstić information content (AvgIpc) is 3.11. The van der Waals surface area contributed by atoms with E-state index in [1.165, 1.54) is 7.11 Å². The number of hydrogen-bond acceptors (Lipinski definition) is 6. The number of methoxy groups -OCH3 is 2. The molecule has 1 amide bonds. The lowest BCUT2D eigenvalue weighted by molar-refractivity contribution is -0.148. The molecule has 1 aromatic carbocycles. The molecule has 1 atom stereocenters. The van der Waals surface area contributed by atoms with Crippen molar-refractivity contribution in [3.05, 3.63) is 23.8 Å². The van der Waals surface area contributed by atoms with E-state index >= 15 is 0 Å². The molecule has 2 rings (SSSR count). The third kappa shape index (κ3) is 5.42. The first kappa shape index (κ1) is 18.1. The van der Waals surface area contributed by atoms with Gasteiger partial charge >= 0.3 is 5.97 Å². The molecule has 24 heavy (non-hydrogen) atoms. The number of carbonyl (C=O) groups is 2. The van der Waals surface area contributed by atoms with Crippen molar-refractivity contribution in [1.82, 2.24) is 5.32 Å². The van der Waals surface area contributed by atoms with Crippen LogP contribution in [0.2, 0.25) is 0 Å². The van der Waals surface area contributed by atoms with Crippen LogP contribution in [0.15, 0.2) is 18.2 Å². The van der Waals surface area contributed by atoms with Gasteiger partial charge in [-0.25, -0.2) is 0 Å². The van der Waals surface area contributed by atoms with Crippen LogP contribution in [-0.4, -0.2) is 52.0 Å². The van der Waals surface area contributed by atoms with Crippen LogP contribution in [0.1, 0.15) is 18.4 Å². The lowest BCUT2D eigenvalue weighted by Crippen LogP contribution is -2.35. The van der Waals surface area contributed by atoms with Crippen LogP contribution in [0.4, 0.5) is 0 Å². The molecule has 0 bridgehead atoms. The highest BCUT2D eigenvalue weighted by molar-refractivity contribution is 5.81. The highest BCUT2D eigenvalue weighted by atomic mass is 16.5. The number of benzene rings is 1. The van der Waals surface area contributed by atoms with Gasteiger partial charge in [-0.3, -0.25) is 9.59 Å². The van der Waals surface area contributed by atoms with Gasteiger partial charge in [-0.2, -0.15) is 0 Å². The molecule has 1 aromatic rings. The van der Waals surface area contributed by atoms with Gasteiger partial charge in [-0.15, -0.1) is 0 Å². The number of hydrogen-bond donors (Lipinski definition) is 1. The average molecular weight is 337 g/mol. The highest BCUT2D eigenvalue weighted by Crippen LogP contribution is 2.27. The summed E-state index contributed by atoms with van der Waals surface area (Å²) >= 11 is 0. The molecular weight excluding hydrogens is 314 g/mol.